The zero-order valence-corrected chi connectivity index (χ0v) is 17.4. The van der Waals surface area contributed by atoms with Crippen molar-refractivity contribution in [3.05, 3.63) is 65.7 Å². The molecule has 2 unspecified atom stereocenters. The van der Waals surface area contributed by atoms with Crippen molar-refractivity contribution < 1.29 is 24.2 Å². The van der Waals surface area contributed by atoms with E-state index in [1.165, 1.54) is 4.90 Å². The number of nitrogens with zero attached hydrogens (tertiary/aromatic N) is 1. The fraction of sp³-hybridized carbons (Fsp3) is 0.348. The van der Waals surface area contributed by atoms with E-state index in [2.05, 4.69) is 10.6 Å². The lowest BCUT2D eigenvalue weighted by Crippen LogP contribution is -2.35. The van der Waals surface area contributed by atoms with Crippen LogP contribution in [-0.4, -0.2) is 54.2 Å². The molecule has 31 heavy (non-hydrogen) atoms. The van der Waals surface area contributed by atoms with Gasteiger partial charge in [0.15, 0.2) is 0 Å². The first-order valence-corrected chi connectivity index (χ1v) is 10.2. The van der Waals surface area contributed by atoms with Gasteiger partial charge < -0.3 is 20.5 Å². The molecule has 2 aromatic rings. The quantitative estimate of drug-likeness (QED) is 0.503. The van der Waals surface area contributed by atoms with Crippen LogP contribution in [0.2, 0.25) is 0 Å². The van der Waals surface area contributed by atoms with Crippen LogP contribution in [0.25, 0.3) is 0 Å². The van der Waals surface area contributed by atoms with Crippen molar-refractivity contribution in [2.45, 2.75) is 31.3 Å². The van der Waals surface area contributed by atoms with Crippen LogP contribution in [0.15, 0.2) is 54.6 Å². The lowest BCUT2D eigenvalue weighted by atomic mass is 10.1. The molecule has 8 heteroatoms. The molecule has 8 nitrogen and oxygen atoms in total. The van der Waals surface area contributed by atoms with Crippen LogP contribution in [0.3, 0.4) is 0 Å². The number of rotatable bonds is 10. The molecule has 1 heterocycles. The second-order valence-electron chi connectivity index (χ2n) is 7.34. The Morgan fingerprint density at radius 1 is 1.16 bits per heavy atom. The smallest absolute Gasteiger partial charge is 0.324 e. The number of benzene rings is 2. The van der Waals surface area contributed by atoms with E-state index in [-0.39, 0.29) is 37.8 Å². The average molecular weight is 425 g/mol. The SMILES string of the molecule is COc1ccc(CCN2C(=O)NC(CCC(=O)NC(CO)c3ccccc3)C2=O)cc1. The molecular weight excluding hydrogens is 398 g/mol. The molecule has 164 valence electrons. The topological polar surface area (TPSA) is 108 Å². The summed E-state index contributed by atoms with van der Waals surface area (Å²) in [6, 6.07) is 14.9. The lowest BCUT2D eigenvalue weighted by molar-refractivity contribution is -0.127. The van der Waals surface area contributed by atoms with Crippen molar-refractivity contribution in [1.82, 2.24) is 15.5 Å². The Balaban J connectivity index is 1.48. The Labute approximate surface area is 181 Å². The van der Waals surface area contributed by atoms with Gasteiger partial charge in [-0.25, -0.2) is 4.79 Å². The number of hydrogen-bond acceptors (Lipinski definition) is 5. The Morgan fingerprint density at radius 2 is 1.87 bits per heavy atom. The number of nitrogens with one attached hydrogen (secondary N) is 2. The third-order valence-electron chi connectivity index (χ3n) is 5.27. The van der Waals surface area contributed by atoms with Gasteiger partial charge in [0.1, 0.15) is 11.8 Å². The van der Waals surface area contributed by atoms with Gasteiger partial charge in [-0.1, -0.05) is 42.5 Å². The van der Waals surface area contributed by atoms with E-state index in [0.29, 0.717) is 6.42 Å². The van der Waals surface area contributed by atoms with E-state index < -0.39 is 18.1 Å². The molecule has 0 bridgehead atoms. The van der Waals surface area contributed by atoms with Gasteiger partial charge in [0.2, 0.25) is 5.91 Å². The molecule has 1 saturated heterocycles. The molecule has 1 fully saturated rings. The summed E-state index contributed by atoms with van der Waals surface area (Å²) in [7, 11) is 1.59. The van der Waals surface area contributed by atoms with Crippen molar-refractivity contribution >= 4 is 17.8 Å². The Morgan fingerprint density at radius 3 is 2.52 bits per heavy atom. The van der Waals surface area contributed by atoms with Gasteiger partial charge in [-0.3, -0.25) is 14.5 Å². The summed E-state index contributed by atoms with van der Waals surface area (Å²) in [4.78, 5) is 38.3. The van der Waals surface area contributed by atoms with E-state index in [0.717, 1.165) is 16.9 Å². The van der Waals surface area contributed by atoms with Crippen molar-refractivity contribution in [2.75, 3.05) is 20.3 Å². The number of methoxy groups -OCH3 is 1. The molecule has 0 spiro atoms. The van der Waals surface area contributed by atoms with Crippen LogP contribution < -0.4 is 15.4 Å². The van der Waals surface area contributed by atoms with Gasteiger partial charge in [0.25, 0.3) is 5.91 Å². The van der Waals surface area contributed by atoms with Crippen molar-refractivity contribution in [2.24, 2.45) is 0 Å². The Bertz CT molecular complexity index is 901. The summed E-state index contributed by atoms with van der Waals surface area (Å²) >= 11 is 0. The molecule has 1 aliphatic rings. The summed E-state index contributed by atoms with van der Waals surface area (Å²) in [6.07, 6.45) is 0.792. The van der Waals surface area contributed by atoms with Gasteiger partial charge >= 0.3 is 6.03 Å². The number of hydrogen-bond donors (Lipinski definition) is 3. The van der Waals surface area contributed by atoms with Crippen LogP contribution in [0.5, 0.6) is 5.75 Å². The minimum absolute atomic E-state index is 0.0618. The maximum Gasteiger partial charge on any atom is 0.324 e. The number of carbonyl (C=O) groups excluding carboxylic acids is 3. The summed E-state index contributed by atoms with van der Waals surface area (Å²) in [5.41, 5.74) is 1.79. The van der Waals surface area contributed by atoms with Crippen LogP contribution in [0.4, 0.5) is 4.79 Å². The monoisotopic (exact) mass is 425 g/mol. The van der Waals surface area contributed by atoms with E-state index in [9.17, 15) is 19.5 Å². The molecule has 0 aliphatic carbocycles. The lowest BCUT2D eigenvalue weighted by Gasteiger charge is -2.17. The second kappa shape index (κ2) is 10.6. The number of aliphatic hydroxyl groups is 1. The highest BCUT2D eigenvalue weighted by atomic mass is 16.5. The van der Waals surface area contributed by atoms with E-state index in [4.69, 9.17) is 4.74 Å². The summed E-state index contributed by atoms with van der Waals surface area (Å²) in [5, 5.41) is 15.0. The molecule has 0 radical (unpaired) electrons. The molecule has 1 aliphatic heterocycles. The highest BCUT2D eigenvalue weighted by Crippen LogP contribution is 2.16. The third-order valence-corrected chi connectivity index (χ3v) is 5.27. The molecule has 0 saturated carbocycles. The summed E-state index contributed by atoms with van der Waals surface area (Å²) < 4.78 is 5.12. The Kier molecular flexibility index (Phi) is 7.61. The number of aliphatic hydroxyl groups excluding tert-OH is 1. The standard InChI is InChI=1S/C23H27N3O5/c1-31-18-9-7-16(8-10-18)13-14-26-22(29)19(25-23(26)30)11-12-21(28)24-20(15-27)17-5-3-2-4-6-17/h2-10,19-20,27H,11-15H2,1H3,(H,24,28)(H,25,30). The van der Waals surface area contributed by atoms with Gasteiger partial charge in [-0.05, 0) is 36.1 Å². The van der Waals surface area contributed by atoms with Gasteiger partial charge in [0, 0.05) is 13.0 Å². The highest BCUT2D eigenvalue weighted by Gasteiger charge is 2.37. The molecule has 2 aromatic carbocycles. The van der Waals surface area contributed by atoms with E-state index in [1.807, 2.05) is 54.6 Å². The minimum atomic E-state index is -0.724. The molecular formula is C23H27N3O5. The first-order valence-electron chi connectivity index (χ1n) is 10.2. The predicted molar refractivity (Wildman–Crippen MR) is 114 cm³/mol. The predicted octanol–water partition coefficient (Wildman–Crippen LogP) is 1.79. The fourth-order valence-corrected chi connectivity index (χ4v) is 3.48. The summed E-state index contributed by atoms with van der Waals surface area (Å²) in [5.74, 6) is 0.127. The second-order valence-corrected chi connectivity index (χ2v) is 7.34. The zero-order chi connectivity index (χ0) is 22.2. The number of amides is 4. The Hall–Kier alpha value is -3.39. The highest BCUT2D eigenvalue weighted by molar-refractivity contribution is 6.04. The van der Waals surface area contributed by atoms with Crippen LogP contribution in [0, 0.1) is 0 Å². The normalized spacial score (nSPS) is 16.7. The van der Waals surface area contributed by atoms with Crippen LogP contribution >= 0.6 is 0 Å². The van der Waals surface area contributed by atoms with Gasteiger partial charge in [-0.2, -0.15) is 0 Å². The molecule has 4 amide bonds. The molecule has 0 aromatic heterocycles. The largest absolute Gasteiger partial charge is 0.497 e. The maximum atomic E-state index is 12.6. The van der Waals surface area contributed by atoms with Crippen molar-refractivity contribution in [3.63, 3.8) is 0 Å². The molecule has 3 N–H and O–H groups in total. The zero-order valence-electron chi connectivity index (χ0n) is 17.4. The van der Waals surface area contributed by atoms with E-state index in [1.54, 1.807) is 7.11 Å². The molecule has 3 rings (SSSR count). The summed E-state index contributed by atoms with van der Waals surface area (Å²) in [6.45, 7) is 0.0360. The number of ether oxygens (including phenoxy) is 1. The fourth-order valence-electron chi connectivity index (χ4n) is 3.48. The third kappa shape index (κ3) is 5.82. The van der Waals surface area contributed by atoms with Crippen molar-refractivity contribution in [1.29, 1.82) is 0 Å². The first-order chi connectivity index (χ1) is 15.0. The van der Waals surface area contributed by atoms with Gasteiger partial charge in [0.05, 0.1) is 19.8 Å². The van der Waals surface area contributed by atoms with Crippen LogP contribution in [0.1, 0.15) is 30.0 Å². The average Bonchev–Trinajstić information content (AvgIpc) is 3.08. The van der Waals surface area contributed by atoms with Gasteiger partial charge in [-0.15, -0.1) is 0 Å². The molecule has 2 atom stereocenters. The van der Waals surface area contributed by atoms with Crippen molar-refractivity contribution in [3.8, 4) is 5.75 Å². The maximum absolute atomic E-state index is 12.6. The van der Waals surface area contributed by atoms with E-state index >= 15 is 0 Å². The van der Waals surface area contributed by atoms with Crippen LogP contribution in [-0.2, 0) is 16.0 Å². The number of imide groups is 1. The number of urea groups is 1. The minimum Gasteiger partial charge on any atom is -0.497 e. The number of carbonyl (C=O) groups is 3. The first kappa shape index (κ1) is 22.3.